The van der Waals surface area contributed by atoms with Crippen LogP contribution in [0.5, 0.6) is 5.75 Å². The molecule has 2 N–H and O–H groups in total. The molecule has 0 aromatic heterocycles. The zero-order chi connectivity index (χ0) is 12.4. The zero-order valence-corrected chi connectivity index (χ0v) is 10.1. The molecular formula is C13H12O3S. The third-order valence-corrected chi connectivity index (χ3v) is 3.23. The SMILES string of the molecule is Cc1ccc(-c2ccccc2O)c(S(=O)O)c1. The molecule has 0 aliphatic rings. The van der Waals surface area contributed by atoms with Crippen LogP contribution in [-0.4, -0.2) is 13.9 Å². The molecule has 0 saturated heterocycles. The largest absolute Gasteiger partial charge is 0.507 e. The second kappa shape index (κ2) is 4.69. The Balaban J connectivity index is 2.68. The molecule has 1 atom stereocenters. The summed E-state index contributed by atoms with van der Waals surface area (Å²) in [6, 6.07) is 12.0. The van der Waals surface area contributed by atoms with Gasteiger partial charge in [-0.1, -0.05) is 30.3 Å². The van der Waals surface area contributed by atoms with Crippen LogP contribution in [0.1, 0.15) is 5.56 Å². The van der Waals surface area contributed by atoms with Crippen LogP contribution in [0.3, 0.4) is 0 Å². The third kappa shape index (κ3) is 2.38. The molecule has 3 nitrogen and oxygen atoms in total. The fourth-order valence-electron chi connectivity index (χ4n) is 1.70. The molecule has 2 rings (SSSR count). The number of para-hydroxylation sites is 1. The molecule has 0 amide bonds. The fraction of sp³-hybridized carbons (Fsp3) is 0.0769. The third-order valence-electron chi connectivity index (χ3n) is 2.52. The van der Waals surface area contributed by atoms with E-state index in [1.165, 1.54) is 0 Å². The van der Waals surface area contributed by atoms with Gasteiger partial charge in [0.05, 0.1) is 4.90 Å². The summed E-state index contributed by atoms with van der Waals surface area (Å²) in [6.45, 7) is 1.85. The quantitative estimate of drug-likeness (QED) is 0.803. The number of benzene rings is 2. The van der Waals surface area contributed by atoms with Gasteiger partial charge in [0, 0.05) is 11.1 Å². The Bertz CT molecular complexity index is 579. The Morgan fingerprint density at radius 1 is 1.06 bits per heavy atom. The van der Waals surface area contributed by atoms with E-state index in [1.807, 2.05) is 13.0 Å². The van der Waals surface area contributed by atoms with Crippen LogP contribution < -0.4 is 0 Å². The number of rotatable bonds is 2. The van der Waals surface area contributed by atoms with Crippen molar-refractivity contribution in [2.24, 2.45) is 0 Å². The van der Waals surface area contributed by atoms with Crippen LogP contribution >= 0.6 is 0 Å². The van der Waals surface area contributed by atoms with Crippen molar-refractivity contribution in [3.8, 4) is 16.9 Å². The highest BCUT2D eigenvalue weighted by molar-refractivity contribution is 7.79. The first-order chi connectivity index (χ1) is 8.09. The highest BCUT2D eigenvalue weighted by Gasteiger charge is 2.12. The smallest absolute Gasteiger partial charge is 0.187 e. The Morgan fingerprint density at radius 3 is 2.41 bits per heavy atom. The topological polar surface area (TPSA) is 57.5 Å². The average Bonchev–Trinajstić information content (AvgIpc) is 2.30. The second-order valence-corrected chi connectivity index (χ2v) is 4.70. The van der Waals surface area contributed by atoms with Crippen LogP contribution in [0.25, 0.3) is 11.1 Å². The Hall–Kier alpha value is -1.65. The molecule has 0 bridgehead atoms. The molecule has 4 heteroatoms. The van der Waals surface area contributed by atoms with Crippen molar-refractivity contribution in [2.45, 2.75) is 11.8 Å². The monoisotopic (exact) mass is 248 g/mol. The van der Waals surface area contributed by atoms with Gasteiger partial charge in [-0.25, -0.2) is 4.21 Å². The van der Waals surface area contributed by atoms with Gasteiger partial charge in [0.15, 0.2) is 11.1 Å². The Morgan fingerprint density at radius 2 is 1.76 bits per heavy atom. The van der Waals surface area contributed by atoms with E-state index < -0.39 is 11.1 Å². The van der Waals surface area contributed by atoms with E-state index in [9.17, 15) is 13.9 Å². The maximum atomic E-state index is 11.3. The van der Waals surface area contributed by atoms with Gasteiger partial charge in [-0.2, -0.15) is 0 Å². The van der Waals surface area contributed by atoms with E-state index in [0.717, 1.165) is 5.56 Å². The first kappa shape index (κ1) is 11.8. The van der Waals surface area contributed by atoms with Gasteiger partial charge >= 0.3 is 0 Å². The Kier molecular flexibility index (Phi) is 3.26. The summed E-state index contributed by atoms with van der Waals surface area (Å²) < 4.78 is 20.6. The number of aryl methyl sites for hydroxylation is 1. The van der Waals surface area contributed by atoms with Crippen LogP contribution in [0.4, 0.5) is 0 Å². The summed E-state index contributed by atoms with van der Waals surface area (Å²) in [5, 5.41) is 9.76. The highest BCUT2D eigenvalue weighted by Crippen LogP contribution is 2.33. The molecule has 0 aliphatic heterocycles. The second-order valence-electron chi connectivity index (χ2n) is 3.77. The van der Waals surface area contributed by atoms with Gasteiger partial charge in [-0.05, 0) is 24.6 Å². The summed E-state index contributed by atoms with van der Waals surface area (Å²) in [7, 11) is 0. The summed E-state index contributed by atoms with van der Waals surface area (Å²) in [4.78, 5) is 0.312. The van der Waals surface area contributed by atoms with Gasteiger partial charge in [0.1, 0.15) is 5.75 Å². The number of aromatic hydroxyl groups is 1. The molecule has 0 heterocycles. The molecule has 2 aromatic rings. The zero-order valence-electron chi connectivity index (χ0n) is 9.25. The predicted octanol–water partition coefficient (Wildman–Crippen LogP) is 2.95. The molecule has 0 spiro atoms. The lowest BCUT2D eigenvalue weighted by Crippen LogP contribution is -1.94. The first-order valence-electron chi connectivity index (χ1n) is 5.09. The van der Waals surface area contributed by atoms with Gasteiger partial charge in [0.2, 0.25) is 0 Å². The lowest BCUT2D eigenvalue weighted by molar-refractivity contribution is 0.477. The summed E-state index contributed by atoms with van der Waals surface area (Å²) in [6.07, 6.45) is 0. The first-order valence-corrected chi connectivity index (χ1v) is 6.20. The molecule has 0 saturated carbocycles. The van der Waals surface area contributed by atoms with Gasteiger partial charge in [-0.15, -0.1) is 0 Å². The number of hydrogen-bond donors (Lipinski definition) is 2. The highest BCUT2D eigenvalue weighted by atomic mass is 32.2. The van der Waals surface area contributed by atoms with Crippen molar-refractivity contribution in [3.63, 3.8) is 0 Å². The van der Waals surface area contributed by atoms with Crippen LogP contribution in [-0.2, 0) is 11.1 Å². The van der Waals surface area contributed by atoms with E-state index in [4.69, 9.17) is 0 Å². The normalized spacial score (nSPS) is 12.4. The minimum absolute atomic E-state index is 0.100. The van der Waals surface area contributed by atoms with Crippen molar-refractivity contribution in [1.82, 2.24) is 0 Å². The van der Waals surface area contributed by atoms with Crippen LogP contribution in [0.15, 0.2) is 47.4 Å². The van der Waals surface area contributed by atoms with Gasteiger partial charge in [-0.3, -0.25) is 0 Å². The minimum Gasteiger partial charge on any atom is -0.507 e. The predicted molar refractivity (Wildman–Crippen MR) is 67.3 cm³/mol. The number of hydrogen-bond acceptors (Lipinski definition) is 2. The molecule has 1 unspecified atom stereocenters. The van der Waals surface area contributed by atoms with Gasteiger partial charge < -0.3 is 9.66 Å². The van der Waals surface area contributed by atoms with Crippen LogP contribution in [0, 0.1) is 6.92 Å². The number of phenolic OH excluding ortho intramolecular Hbond substituents is 1. The summed E-state index contributed by atoms with van der Waals surface area (Å²) in [5.41, 5.74) is 2.04. The molecule has 17 heavy (non-hydrogen) atoms. The molecule has 0 aliphatic carbocycles. The molecule has 0 fully saturated rings. The average molecular weight is 248 g/mol. The summed E-state index contributed by atoms with van der Waals surface area (Å²) in [5.74, 6) is 0.100. The minimum atomic E-state index is -2.07. The lowest BCUT2D eigenvalue weighted by Gasteiger charge is -2.09. The standard InChI is InChI=1S/C13H12O3S/c1-9-6-7-11(13(8-9)17(15)16)10-4-2-3-5-12(10)14/h2-8,14H,1H3,(H,15,16). The number of phenols is 1. The fourth-order valence-corrected chi connectivity index (χ4v) is 2.35. The van der Waals surface area contributed by atoms with Crippen molar-refractivity contribution < 1.29 is 13.9 Å². The van der Waals surface area contributed by atoms with E-state index in [1.54, 1.807) is 36.4 Å². The van der Waals surface area contributed by atoms with Crippen molar-refractivity contribution >= 4 is 11.1 Å². The van der Waals surface area contributed by atoms with E-state index in [0.29, 0.717) is 16.0 Å². The van der Waals surface area contributed by atoms with E-state index >= 15 is 0 Å². The molecular weight excluding hydrogens is 236 g/mol. The Labute approximate surface area is 102 Å². The van der Waals surface area contributed by atoms with Crippen molar-refractivity contribution in [1.29, 1.82) is 0 Å². The summed E-state index contributed by atoms with van der Waals surface area (Å²) >= 11 is -2.07. The molecule has 0 radical (unpaired) electrons. The maximum Gasteiger partial charge on any atom is 0.187 e. The van der Waals surface area contributed by atoms with E-state index in [-0.39, 0.29) is 5.75 Å². The molecule has 88 valence electrons. The lowest BCUT2D eigenvalue weighted by atomic mass is 10.0. The van der Waals surface area contributed by atoms with Gasteiger partial charge in [0.25, 0.3) is 0 Å². The van der Waals surface area contributed by atoms with E-state index in [2.05, 4.69) is 0 Å². The molecule has 2 aromatic carbocycles. The van der Waals surface area contributed by atoms with Crippen molar-refractivity contribution in [3.05, 3.63) is 48.0 Å². The van der Waals surface area contributed by atoms with Crippen molar-refractivity contribution in [2.75, 3.05) is 0 Å². The maximum absolute atomic E-state index is 11.3. The van der Waals surface area contributed by atoms with Crippen LogP contribution in [0.2, 0.25) is 0 Å².